The summed E-state index contributed by atoms with van der Waals surface area (Å²) in [5.41, 5.74) is 6.30. The Bertz CT molecular complexity index is 1940. The molecule has 48 heavy (non-hydrogen) atoms. The summed E-state index contributed by atoms with van der Waals surface area (Å²) >= 11 is 1.76. The van der Waals surface area contributed by atoms with Gasteiger partial charge in [0.15, 0.2) is 11.5 Å². The van der Waals surface area contributed by atoms with Gasteiger partial charge in [0.2, 0.25) is 0 Å². The molecule has 0 aliphatic rings. The molecule has 2 aromatic heterocycles. The summed E-state index contributed by atoms with van der Waals surface area (Å²) in [7, 11) is 0. The molecule has 3 aromatic carbocycles. The normalized spacial score (nSPS) is 11.7. The molecule has 0 atom stereocenters. The van der Waals surface area contributed by atoms with Gasteiger partial charge in [-0.15, -0.1) is 40.5 Å². The molecule has 0 amide bonds. The van der Waals surface area contributed by atoms with Gasteiger partial charge in [-0.25, -0.2) is 4.85 Å². The Morgan fingerprint density at radius 1 is 0.979 bits per heavy atom. The van der Waals surface area contributed by atoms with Crippen molar-refractivity contribution in [3.63, 3.8) is 0 Å². The van der Waals surface area contributed by atoms with Crippen LogP contribution in [0.15, 0.2) is 78.7 Å². The third-order valence-corrected chi connectivity index (χ3v) is 10.1. The average Bonchev–Trinajstić information content (AvgIpc) is 3.49. The van der Waals surface area contributed by atoms with E-state index in [0.29, 0.717) is 5.69 Å². The number of aryl methyl sites for hydroxylation is 1. The molecule has 253 valence electrons. The van der Waals surface area contributed by atoms with Crippen molar-refractivity contribution in [2.45, 2.75) is 86.5 Å². The first-order chi connectivity index (χ1) is 22.4. The second-order valence-corrected chi connectivity index (χ2v) is 14.2. The molecule has 0 spiro atoms. The number of rotatable bonds is 9. The Balaban J connectivity index is 0.000000334. The second kappa shape index (κ2) is 17.2. The third-order valence-electron chi connectivity index (χ3n) is 8.96. The van der Waals surface area contributed by atoms with Crippen LogP contribution in [0.3, 0.4) is 0 Å². The van der Waals surface area contributed by atoms with Crippen molar-refractivity contribution in [1.29, 1.82) is 0 Å². The van der Waals surface area contributed by atoms with Crippen molar-refractivity contribution >= 4 is 43.7 Å². The van der Waals surface area contributed by atoms with Gasteiger partial charge in [0, 0.05) is 59.5 Å². The Kier molecular flexibility index (Phi) is 13.9. The van der Waals surface area contributed by atoms with Gasteiger partial charge in [-0.1, -0.05) is 101 Å². The van der Waals surface area contributed by atoms with Crippen molar-refractivity contribution in [2.24, 2.45) is 11.8 Å². The molecule has 0 bridgehead atoms. The molecule has 6 heteroatoms. The minimum atomic E-state index is 0. The largest absolute Gasteiger partial charge is 0.512 e. The summed E-state index contributed by atoms with van der Waals surface area (Å²) < 4.78 is 1.17. The summed E-state index contributed by atoms with van der Waals surface area (Å²) in [6.07, 6.45) is 6.80. The molecular weight excluding hydrogens is 789 g/mol. The van der Waals surface area contributed by atoms with E-state index in [-0.39, 0.29) is 48.9 Å². The molecule has 0 aliphatic carbocycles. The number of carbonyl (C=O) groups excluding carboxylic acids is 1. The fourth-order valence-corrected chi connectivity index (χ4v) is 7.29. The first-order valence-electron chi connectivity index (χ1n) is 16.7. The van der Waals surface area contributed by atoms with Crippen LogP contribution in [0, 0.1) is 31.4 Å². The standard InChI is InChI=1S/C29H23N2S.C13H24O2.Ir/c1-18-14-22(30-5)10-11-23(18)26-17-20-12-13-31-27(28(20)32-26)21-15-19-8-6-7-9-24(19)25(16-21)29(2,3)4;1-5-10(6-2)12(14)9-13(15)11(7-3)8-4;/h6-14,16-17H,1-4H3;9-11,14H,5-8H2,1-4H3;/q-1;;/b;12-9-;. The predicted octanol–water partition coefficient (Wildman–Crippen LogP) is 12.6. The van der Waals surface area contributed by atoms with Gasteiger partial charge in [-0.2, -0.15) is 0 Å². The number of fused-ring (bicyclic) bond motifs is 2. The van der Waals surface area contributed by atoms with Crippen molar-refractivity contribution < 1.29 is 30.0 Å². The van der Waals surface area contributed by atoms with E-state index in [1.807, 2.05) is 46.0 Å². The van der Waals surface area contributed by atoms with E-state index in [9.17, 15) is 9.90 Å². The quantitative estimate of drug-likeness (QED) is 0.0914. The maximum absolute atomic E-state index is 11.7. The van der Waals surface area contributed by atoms with Crippen LogP contribution < -0.4 is 0 Å². The number of benzene rings is 3. The first kappa shape index (κ1) is 38.8. The zero-order chi connectivity index (χ0) is 34.3. The second-order valence-electron chi connectivity index (χ2n) is 13.2. The van der Waals surface area contributed by atoms with Crippen molar-refractivity contribution in [1.82, 2.24) is 4.98 Å². The fourth-order valence-electron chi connectivity index (χ4n) is 6.04. The van der Waals surface area contributed by atoms with Crippen LogP contribution in [-0.2, 0) is 30.3 Å². The number of aliphatic hydroxyl groups excluding tert-OH is 1. The SMILES string of the molecule is CCC(CC)C(=O)/C=C(\O)C(CC)CC.[C-]#[N+]c1ccc(-c2cc3ccnc(-c4[c-]c5ccccc5c(C(C)(C)C)c4)c3s2)c(C)c1.[Ir]. The van der Waals surface area contributed by atoms with Gasteiger partial charge in [0.05, 0.1) is 12.3 Å². The maximum Gasteiger partial charge on any atom is 0.187 e. The number of allylic oxidation sites excluding steroid dienone is 2. The van der Waals surface area contributed by atoms with Crippen molar-refractivity contribution in [2.75, 3.05) is 0 Å². The minimum Gasteiger partial charge on any atom is -0.512 e. The number of carbonyl (C=O) groups is 1. The number of hydrogen-bond acceptors (Lipinski definition) is 4. The Morgan fingerprint density at radius 3 is 2.25 bits per heavy atom. The molecule has 4 nitrogen and oxygen atoms in total. The van der Waals surface area contributed by atoms with E-state index < -0.39 is 0 Å². The fraction of sp³-hybridized carbons (Fsp3) is 0.357. The molecule has 5 aromatic rings. The van der Waals surface area contributed by atoms with Crippen LogP contribution >= 0.6 is 11.3 Å². The molecule has 0 fully saturated rings. The van der Waals surface area contributed by atoms with E-state index >= 15 is 0 Å². The average molecular weight is 836 g/mol. The summed E-state index contributed by atoms with van der Waals surface area (Å²) in [4.78, 5) is 21.3. The zero-order valence-electron chi connectivity index (χ0n) is 29.4. The smallest absolute Gasteiger partial charge is 0.187 e. The molecule has 2 heterocycles. The summed E-state index contributed by atoms with van der Waals surface area (Å²) in [5, 5.41) is 13.3. The van der Waals surface area contributed by atoms with Gasteiger partial charge >= 0.3 is 0 Å². The third kappa shape index (κ3) is 8.88. The molecule has 0 unspecified atom stereocenters. The van der Waals surface area contributed by atoms with Gasteiger partial charge in [0.25, 0.3) is 0 Å². The van der Waals surface area contributed by atoms with Gasteiger partial charge in [-0.05, 0) is 61.1 Å². The Morgan fingerprint density at radius 2 is 1.65 bits per heavy atom. The molecule has 0 aliphatic heterocycles. The summed E-state index contributed by atoms with van der Waals surface area (Å²) in [5.74, 6) is 0.547. The van der Waals surface area contributed by atoms with Crippen LogP contribution in [0.25, 0.3) is 47.4 Å². The number of pyridine rings is 1. The monoisotopic (exact) mass is 836 g/mol. The van der Waals surface area contributed by atoms with E-state index in [2.05, 4.69) is 87.1 Å². The minimum absolute atomic E-state index is 0. The van der Waals surface area contributed by atoms with Crippen LogP contribution in [0.2, 0.25) is 0 Å². The van der Waals surface area contributed by atoms with Crippen LogP contribution in [0.4, 0.5) is 5.69 Å². The first-order valence-corrected chi connectivity index (χ1v) is 17.5. The van der Waals surface area contributed by atoms with Crippen LogP contribution in [-0.4, -0.2) is 15.9 Å². The molecule has 1 radical (unpaired) electrons. The van der Waals surface area contributed by atoms with Crippen LogP contribution in [0.5, 0.6) is 0 Å². The molecule has 5 rings (SSSR count). The van der Waals surface area contributed by atoms with E-state index in [4.69, 9.17) is 11.6 Å². The van der Waals surface area contributed by atoms with E-state index in [0.717, 1.165) is 47.9 Å². The number of nitrogens with zero attached hydrogens (tertiary/aromatic N) is 2. The van der Waals surface area contributed by atoms with Crippen molar-refractivity contribution in [3.8, 4) is 21.7 Å². The summed E-state index contributed by atoms with van der Waals surface area (Å²) in [6, 6.07) is 24.6. The molecule has 1 N–H and O–H groups in total. The number of hydrogen-bond donors (Lipinski definition) is 1. The van der Waals surface area contributed by atoms with Crippen LogP contribution in [0.1, 0.15) is 85.3 Å². The Hall–Kier alpha value is -3.62. The van der Waals surface area contributed by atoms with Crippen molar-refractivity contribution in [3.05, 3.63) is 107 Å². The predicted molar refractivity (Wildman–Crippen MR) is 200 cm³/mol. The van der Waals surface area contributed by atoms with E-state index in [1.54, 1.807) is 11.3 Å². The van der Waals surface area contributed by atoms with Gasteiger partial charge in [0.1, 0.15) is 0 Å². The maximum atomic E-state index is 11.7. The number of aromatic nitrogens is 1. The van der Waals surface area contributed by atoms with Gasteiger partial charge in [-0.3, -0.25) is 9.78 Å². The molecular formula is C42H47IrN2O2S-. The number of aliphatic hydroxyl groups is 1. The number of thiophene rings is 1. The van der Waals surface area contributed by atoms with Gasteiger partial charge < -0.3 is 5.11 Å². The number of ketones is 1. The molecule has 0 saturated carbocycles. The zero-order valence-corrected chi connectivity index (χ0v) is 32.6. The summed E-state index contributed by atoms with van der Waals surface area (Å²) in [6.45, 7) is 24.2. The van der Waals surface area contributed by atoms with E-state index in [1.165, 1.54) is 37.6 Å². The molecule has 0 saturated heterocycles. The Labute approximate surface area is 304 Å². The topological polar surface area (TPSA) is 54.5 Å².